The summed E-state index contributed by atoms with van der Waals surface area (Å²) in [5.74, 6) is 0.437. The molecule has 2 aromatic rings. The predicted octanol–water partition coefficient (Wildman–Crippen LogP) is 4.58. The molecule has 2 nitrogen and oxygen atoms in total. The number of hydrogen-bond acceptors (Lipinski definition) is 2. The lowest BCUT2D eigenvalue weighted by Crippen LogP contribution is -2.19. The summed E-state index contributed by atoms with van der Waals surface area (Å²) in [6.07, 6.45) is 0.967. The van der Waals surface area contributed by atoms with E-state index in [1.54, 1.807) is 25.2 Å². The molecule has 0 heterocycles. The molecular weight excluding hydrogens is 289 g/mol. The van der Waals surface area contributed by atoms with Crippen LogP contribution in [0.25, 0.3) is 0 Å². The summed E-state index contributed by atoms with van der Waals surface area (Å²) in [5, 5.41) is 3.26. The first kappa shape index (κ1) is 15.8. The van der Waals surface area contributed by atoms with Crippen LogP contribution in [0.5, 0.6) is 5.75 Å². The Hall–Kier alpha value is -1.58. The van der Waals surface area contributed by atoms with E-state index in [1.807, 2.05) is 24.3 Å². The van der Waals surface area contributed by atoms with Crippen molar-refractivity contribution in [3.63, 3.8) is 0 Å². The fraction of sp³-hybridized carbons (Fsp3) is 0.294. The van der Waals surface area contributed by atoms with Crippen molar-refractivity contribution in [1.82, 2.24) is 5.32 Å². The topological polar surface area (TPSA) is 21.3 Å². The Kier molecular flexibility index (Phi) is 5.59. The van der Waals surface area contributed by atoms with Gasteiger partial charge in [0.2, 0.25) is 0 Å². The third-order valence-corrected chi connectivity index (χ3v) is 3.56. The fourth-order valence-electron chi connectivity index (χ4n) is 2.22. The lowest BCUT2D eigenvalue weighted by Gasteiger charge is -2.19. The number of halogens is 2. The maximum absolute atomic E-state index is 14.2. The number of rotatable bonds is 6. The third-order valence-electron chi connectivity index (χ3n) is 3.27. The number of hydrogen-bond donors (Lipinski definition) is 1. The van der Waals surface area contributed by atoms with Crippen molar-refractivity contribution in [1.29, 1.82) is 0 Å². The highest BCUT2D eigenvalue weighted by molar-refractivity contribution is 6.30. The zero-order chi connectivity index (χ0) is 15.2. The SMILES string of the molecule is CCCOc1ccc(C(NC)c2cccc(Cl)c2F)cc1. The van der Waals surface area contributed by atoms with Gasteiger partial charge in [0, 0.05) is 5.56 Å². The molecule has 0 aliphatic rings. The maximum atomic E-state index is 14.2. The summed E-state index contributed by atoms with van der Waals surface area (Å²) in [4.78, 5) is 0. The minimum absolute atomic E-state index is 0.135. The van der Waals surface area contributed by atoms with Crippen molar-refractivity contribution in [2.24, 2.45) is 0 Å². The molecule has 0 radical (unpaired) electrons. The van der Waals surface area contributed by atoms with Crippen LogP contribution < -0.4 is 10.1 Å². The van der Waals surface area contributed by atoms with Gasteiger partial charge in [-0.1, -0.05) is 42.8 Å². The molecule has 2 aromatic carbocycles. The number of nitrogens with one attached hydrogen (secondary N) is 1. The zero-order valence-corrected chi connectivity index (χ0v) is 13.0. The third kappa shape index (κ3) is 3.74. The van der Waals surface area contributed by atoms with Crippen molar-refractivity contribution in [2.75, 3.05) is 13.7 Å². The van der Waals surface area contributed by atoms with Gasteiger partial charge >= 0.3 is 0 Å². The average Bonchev–Trinajstić information content (AvgIpc) is 2.51. The van der Waals surface area contributed by atoms with Crippen LogP contribution in [-0.2, 0) is 0 Å². The van der Waals surface area contributed by atoms with E-state index in [0.717, 1.165) is 17.7 Å². The Labute approximate surface area is 129 Å². The summed E-state index contributed by atoms with van der Waals surface area (Å²) >= 11 is 5.86. The summed E-state index contributed by atoms with van der Waals surface area (Å²) < 4.78 is 19.7. The summed E-state index contributed by atoms with van der Waals surface area (Å²) in [5.41, 5.74) is 1.50. The second-order valence-corrected chi connectivity index (χ2v) is 5.19. The van der Waals surface area contributed by atoms with Gasteiger partial charge in [0.15, 0.2) is 0 Å². The lowest BCUT2D eigenvalue weighted by molar-refractivity contribution is 0.317. The zero-order valence-electron chi connectivity index (χ0n) is 12.2. The second kappa shape index (κ2) is 7.43. The van der Waals surface area contributed by atoms with Crippen LogP contribution in [0.3, 0.4) is 0 Å². The van der Waals surface area contributed by atoms with Gasteiger partial charge in [0.05, 0.1) is 17.7 Å². The molecule has 0 saturated carbocycles. The smallest absolute Gasteiger partial charge is 0.146 e. The maximum Gasteiger partial charge on any atom is 0.146 e. The standard InChI is InChI=1S/C17H19ClFNO/c1-3-11-21-13-9-7-12(8-10-13)17(20-2)14-5-4-6-15(18)16(14)19/h4-10,17,20H,3,11H2,1-2H3. The lowest BCUT2D eigenvalue weighted by atomic mass is 9.98. The first-order valence-corrected chi connectivity index (χ1v) is 7.39. The Morgan fingerprint density at radius 2 is 1.90 bits per heavy atom. The van der Waals surface area contributed by atoms with Crippen LogP contribution in [0, 0.1) is 5.82 Å². The number of benzene rings is 2. The molecule has 0 bridgehead atoms. The molecule has 0 amide bonds. The molecule has 0 spiro atoms. The van der Waals surface area contributed by atoms with Gasteiger partial charge in [-0.15, -0.1) is 0 Å². The Morgan fingerprint density at radius 1 is 1.19 bits per heavy atom. The molecule has 0 aliphatic heterocycles. The van der Waals surface area contributed by atoms with Crippen LogP contribution in [-0.4, -0.2) is 13.7 Å². The molecule has 21 heavy (non-hydrogen) atoms. The quantitative estimate of drug-likeness (QED) is 0.843. The summed E-state index contributed by atoms with van der Waals surface area (Å²) in [6, 6.07) is 12.5. The normalized spacial score (nSPS) is 12.2. The molecule has 2 rings (SSSR count). The summed E-state index contributed by atoms with van der Waals surface area (Å²) in [7, 11) is 1.80. The fourth-order valence-corrected chi connectivity index (χ4v) is 2.40. The first-order chi connectivity index (χ1) is 10.2. The van der Waals surface area contributed by atoms with Gasteiger partial charge in [0.1, 0.15) is 11.6 Å². The minimum atomic E-state index is -0.384. The van der Waals surface area contributed by atoms with E-state index in [1.165, 1.54) is 0 Å². The Balaban J connectivity index is 2.27. The van der Waals surface area contributed by atoms with E-state index >= 15 is 0 Å². The van der Waals surface area contributed by atoms with Crippen molar-refractivity contribution < 1.29 is 9.13 Å². The Bertz CT molecular complexity index is 586. The van der Waals surface area contributed by atoms with Gasteiger partial charge in [-0.3, -0.25) is 0 Å². The van der Waals surface area contributed by atoms with Crippen molar-refractivity contribution in [3.8, 4) is 5.75 Å². The second-order valence-electron chi connectivity index (χ2n) is 4.78. The molecule has 0 aliphatic carbocycles. The highest BCUT2D eigenvalue weighted by Crippen LogP contribution is 2.28. The largest absolute Gasteiger partial charge is 0.494 e. The highest BCUT2D eigenvalue weighted by Gasteiger charge is 2.17. The van der Waals surface area contributed by atoms with Gasteiger partial charge in [0.25, 0.3) is 0 Å². The van der Waals surface area contributed by atoms with Crippen LogP contribution in [0.2, 0.25) is 5.02 Å². The van der Waals surface area contributed by atoms with Gasteiger partial charge in [-0.25, -0.2) is 4.39 Å². The van der Waals surface area contributed by atoms with Gasteiger partial charge in [-0.05, 0) is 37.2 Å². The van der Waals surface area contributed by atoms with Crippen LogP contribution in [0.15, 0.2) is 42.5 Å². The van der Waals surface area contributed by atoms with Crippen molar-refractivity contribution in [2.45, 2.75) is 19.4 Å². The minimum Gasteiger partial charge on any atom is -0.494 e. The van der Waals surface area contributed by atoms with E-state index in [2.05, 4.69) is 12.2 Å². The van der Waals surface area contributed by atoms with E-state index in [-0.39, 0.29) is 16.9 Å². The van der Waals surface area contributed by atoms with Gasteiger partial charge < -0.3 is 10.1 Å². The highest BCUT2D eigenvalue weighted by atomic mass is 35.5. The van der Waals surface area contributed by atoms with E-state index in [9.17, 15) is 4.39 Å². The monoisotopic (exact) mass is 307 g/mol. The summed E-state index contributed by atoms with van der Waals surface area (Å²) in [6.45, 7) is 2.76. The molecule has 0 fully saturated rings. The van der Waals surface area contributed by atoms with Crippen LogP contribution in [0.4, 0.5) is 4.39 Å². The van der Waals surface area contributed by atoms with Crippen LogP contribution in [0.1, 0.15) is 30.5 Å². The van der Waals surface area contributed by atoms with Crippen molar-refractivity contribution >= 4 is 11.6 Å². The molecule has 1 atom stereocenters. The van der Waals surface area contributed by atoms with E-state index < -0.39 is 0 Å². The van der Waals surface area contributed by atoms with Crippen LogP contribution >= 0.6 is 11.6 Å². The van der Waals surface area contributed by atoms with E-state index in [0.29, 0.717) is 12.2 Å². The first-order valence-electron chi connectivity index (χ1n) is 7.01. The Morgan fingerprint density at radius 3 is 2.52 bits per heavy atom. The molecule has 4 heteroatoms. The predicted molar refractivity (Wildman–Crippen MR) is 84.5 cm³/mol. The number of ether oxygens (including phenoxy) is 1. The van der Waals surface area contributed by atoms with Crippen molar-refractivity contribution in [3.05, 3.63) is 64.4 Å². The van der Waals surface area contributed by atoms with E-state index in [4.69, 9.17) is 16.3 Å². The molecule has 0 saturated heterocycles. The average molecular weight is 308 g/mol. The molecule has 0 aromatic heterocycles. The molecule has 1 N–H and O–H groups in total. The molecule has 112 valence electrons. The molecule has 1 unspecified atom stereocenters. The molecular formula is C17H19ClFNO. The van der Waals surface area contributed by atoms with Gasteiger partial charge in [-0.2, -0.15) is 0 Å².